The van der Waals surface area contributed by atoms with Crippen LogP contribution in [-0.4, -0.2) is 19.7 Å². The van der Waals surface area contributed by atoms with Crippen LogP contribution in [0.3, 0.4) is 0 Å². The van der Waals surface area contributed by atoms with Crippen molar-refractivity contribution in [2.75, 3.05) is 13.7 Å². The van der Waals surface area contributed by atoms with Crippen LogP contribution in [0.5, 0.6) is 5.75 Å². The van der Waals surface area contributed by atoms with Gasteiger partial charge in [-0.25, -0.2) is 4.79 Å². The highest BCUT2D eigenvalue weighted by Crippen LogP contribution is 2.35. The molecule has 104 valence electrons. The number of alkyl halides is 3. The number of hydrogen-bond acceptors (Lipinski definition) is 3. The van der Waals surface area contributed by atoms with Gasteiger partial charge in [0.25, 0.3) is 0 Å². The summed E-state index contributed by atoms with van der Waals surface area (Å²) in [6, 6.07) is 2.77. The summed E-state index contributed by atoms with van der Waals surface area (Å²) in [5, 5.41) is 0. The van der Waals surface area contributed by atoms with Gasteiger partial charge in [-0.15, -0.1) is 0 Å². The van der Waals surface area contributed by atoms with E-state index in [-0.39, 0.29) is 11.3 Å². The molecule has 0 aromatic heterocycles. The first-order valence-electron chi connectivity index (χ1n) is 5.84. The van der Waals surface area contributed by atoms with Crippen LogP contribution in [-0.2, 0) is 10.9 Å². The molecular weight excluding hydrogens is 261 g/mol. The third-order valence-corrected chi connectivity index (χ3v) is 2.89. The Kier molecular flexibility index (Phi) is 3.68. The Hall–Kier alpha value is -1.72. The van der Waals surface area contributed by atoms with Crippen molar-refractivity contribution in [3.63, 3.8) is 0 Å². The lowest BCUT2D eigenvalue weighted by atomic mass is 10.1. The van der Waals surface area contributed by atoms with Crippen molar-refractivity contribution < 1.29 is 27.4 Å². The Balaban J connectivity index is 2.28. The van der Waals surface area contributed by atoms with Gasteiger partial charge in [-0.3, -0.25) is 0 Å². The number of carbonyl (C=O) groups excluding carboxylic acids is 1. The number of methoxy groups -OCH3 is 1. The molecule has 0 N–H and O–H groups in total. The molecular formula is C13H13F3O3. The van der Waals surface area contributed by atoms with Gasteiger partial charge in [0.15, 0.2) is 0 Å². The van der Waals surface area contributed by atoms with Crippen LogP contribution < -0.4 is 4.74 Å². The average molecular weight is 274 g/mol. The summed E-state index contributed by atoms with van der Waals surface area (Å²) in [6.45, 7) is 0.325. The van der Waals surface area contributed by atoms with Gasteiger partial charge in [-0.2, -0.15) is 13.2 Å². The van der Waals surface area contributed by atoms with E-state index in [2.05, 4.69) is 4.74 Å². The van der Waals surface area contributed by atoms with Gasteiger partial charge in [0.05, 0.1) is 19.3 Å². The van der Waals surface area contributed by atoms with Crippen LogP contribution in [0, 0.1) is 5.92 Å². The van der Waals surface area contributed by atoms with Gasteiger partial charge in [0.2, 0.25) is 0 Å². The minimum Gasteiger partial charge on any atom is -0.492 e. The van der Waals surface area contributed by atoms with E-state index >= 15 is 0 Å². The largest absolute Gasteiger partial charge is 0.492 e. The number of benzene rings is 1. The molecule has 0 unspecified atom stereocenters. The van der Waals surface area contributed by atoms with Crippen molar-refractivity contribution in [2.24, 2.45) is 5.92 Å². The second kappa shape index (κ2) is 5.11. The molecule has 19 heavy (non-hydrogen) atoms. The first-order valence-corrected chi connectivity index (χ1v) is 5.84. The summed E-state index contributed by atoms with van der Waals surface area (Å²) < 4.78 is 47.7. The Morgan fingerprint density at radius 2 is 2.05 bits per heavy atom. The lowest BCUT2D eigenvalue weighted by Crippen LogP contribution is -2.11. The monoisotopic (exact) mass is 274 g/mol. The molecule has 0 radical (unpaired) electrons. The van der Waals surface area contributed by atoms with E-state index in [9.17, 15) is 18.0 Å². The topological polar surface area (TPSA) is 35.5 Å². The minimum absolute atomic E-state index is 0.0103. The van der Waals surface area contributed by atoms with Gasteiger partial charge in [-0.1, -0.05) is 0 Å². The predicted octanol–water partition coefficient (Wildman–Crippen LogP) is 3.28. The molecule has 1 saturated carbocycles. The van der Waals surface area contributed by atoms with Gasteiger partial charge < -0.3 is 9.47 Å². The maximum Gasteiger partial charge on any atom is 0.416 e. The average Bonchev–Trinajstić information content (AvgIpc) is 3.18. The first-order chi connectivity index (χ1) is 8.91. The maximum atomic E-state index is 12.6. The number of hydrogen-bond donors (Lipinski definition) is 0. The molecule has 0 heterocycles. The van der Waals surface area contributed by atoms with Crippen molar-refractivity contribution in [1.29, 1.82) is 0 Å². The van der Waals surface area contributed by atoms with Gasteiger partial charge in [-0.05, 0) is 37.0 Å². The smallest absolute Gasteiger partial charge is 0.416 e. The van der Waals surface area contributed by atoms with Gasteiger partial charge >= 0.3 is 12.1 Å². The lowest BCUT2D eigenvalue weighted by molar-refractivity contribution is -0.137. The van der Waals surface area contributed by atoms with Crippen LogP contribution >= 0.6 is 0 Å². The van der Waals surface area contributed by atoms with Crippen LogP contribution in [0.4, 0.5) is 13.2 Å². The van der Waals surface area contributed by atoms with Crippen molar-refractivity contribution in [1.82, 2.24) is 0 Å². The van der Waals surface area contributed by atoms with Crippen LogP contribution in [0.2, 0.25) is 0 Å². The molecule has 6 heteroatoms. The van der Waals surface area contributed by atoms with E-state index in [0.717, 1.165) is 31.0 Å². The molecule has 1 aliphatic carbocycles. The normalized spacial score (nSPS) is 15.2. The summed E-state index contributed by atoms with van der Waals surface area (Å²) >= 11 is 0. The number of ether oxygens (including phenoxy) is 2. The maximum absolute atomic E-state index is 12.6. The van der Waals surface area contributed by atoms with Crippen LogP contribution in [0.25, 0.3) is 0 Å². The van der Waals surface area contributed by atoms with E-state index in [1.807, 2.05) is 0 Å². The molecule has 0 bridgehead atoms. The summed E-state index contributed by atoms with van der Waals surface area (Å²) in [4.78, 5) is 11.5. The Morgan fingerprint density at radius 3 is 2.58 bits per heavy atom. The molecule has 2 rings (SSSR count). The molecule has 0 aliphatic heterocycles. The molecule has 0 saturated heterocycles. The highest BCUT2D eigenvalue weighted by Gasteiger charge is 2.32. The third kappa shape index (κ3) is 3.39. The van der Waals surface area contributed by atoms with Crippen molar-refractivity contribution in [3.8, 4) is 5.75 Å². The number of carbonyl (C=O) groups is 1. The zero-order valence-corrected chi connectivity index (χ0v) is 10.3. The fourth-order valence-electron chi connectivity index (χ4n) is 1.59. The zero-order chi connectivity index (χ0) is 14.0. The van der Waals surface area contributed by atoms with E-state index in [1.165, 1.54) is 7.11 Å². The quantitative estimate of drug-likeness (QED) is 0.790. The Morgan fingerprint density at radius 1 is 1.37 bits per heavy atom. The number of halogens is 3. The summed E-state index contributed by atoms with van der Waals surface area (Å²) in [7, 11) is 1.17. The van der Waals surface area contributed by atoms with Crippen LogP contribution in [0.1, 0.15) is 28.8 Å². The molecule has 1 aromatic rings. The van der Waals surface area contributed by atoms with Crippen molar-refractivity contribution >= 4 is 5.97 Å². The summed E-state index contributed by atoms with van der Waals surface area (Å²) in [6.07, 6.45) is -2.45. The minimum atomic E-state index is -4.47. The molecule has 0 spiro atoms. The summed E-state index contributed by atoms with van der Waals surface area (Å²) in [5.74, 6) is -0.409. The molecule has 1 aliphatic rings. The van der Waals surface area contributed by atoms with E-state index < -0.39 is 17.7 Å². The lowest BCUT2D eigenvalue weighted by Gasteiger charge is -2.13. The van der Waals surface area contributed by atoms with Crippen LogP contribution in [0.15, 0.2) is 18.2 Å². The first kappa shape index (κ1) is 13.7. The van der Waals surface area contributed by atoms with E-state index in [4.69, 9.17) is 4.74 Å². The second-order valence-electron chi connectivity index (χ2n) is 4.45. The number of esters is 1. The fraction of sp³-hybridized carbons (Fsp3) is 0.462. The highest BCUT2D eigenvalue weighted by atomic mass is 19.4. The predicted molar refractivity (Wildman–Crippen MR) is 61.0 cm³/mol. The zero-order valence-electron chi connectivity index (χ0n) is 10.3. The summed E-state index contributed by atoms with van der Waals surface area (Å²) in [5.41, 5.74) is -0.831. The molecule has 1 aromatic carbocycles. The molecule has 0 atom stereocenters. The third-order valence-electron chi connectivity index (χ3n) is 2.89. The number of rotatable bonds is 4. The Labute approximate surface area is 108 Å². The van der Waals surface area contributed by atoms with Gasteiger partial charge in [0, 0.05) is 0 Å². The van der Waals surface area contributed by atoms with Gasteiger partial charge in [0.1, 0.15) is 11.3 Å². The van der Waals surface area contributed by atoms with Crippen molar-refractivity contribution in [2.45, 2.75) is 19.0 Å². The fourth-order valence-corrected chi connectivity index (χ4v) is 1.59. The standard InChI is InChI=1S/C13H13F3O3/c1-18-12(17)10-5-4-9(13(14,15)16)6-11(10)19-7-8-2-3-8/h4-6,8H,2-3,7H2,1H3. The molecule has 3 nitrogen and oxygen atoms in total. The van der Waals surface area contributed by atoms with E-state index in [1.54, 1.807) is 0 Å². The van der Waals surface area contributed by atoms with Crippen molar-refractivity contribution in [3.05, 3.63) is 29.3 Å². The molecule has 1 fully saturated rings. The molecule has 0 amide bonds. The van der Waals surface area contributed by atoms with E-state index in [0.29, 0.717) is 12.5 Å². The Bertz CT molecular complexity index is 479. The SMILES string of the molecule is COC(=O)c1ccc(C(F)(F)F)cc1OCC1CC1. The highest BCUT2D eigenvalue weighted by molar-refractivity contribution is 5.92. The second-order valence-corrected chi connectivity index (χ2v) is 4.45.